The fourth-order valence-electron chi connectivity index (χ4n) is 1.11. The van der Waals surface area contributed by atoms with E-state index >= 15 is 0 Å². The van der Waals surface area contributed by atoms with Crippen molar-refractivity contribution in [3.05, 3.63) is 53.1 Å². The van der Waals surface area contributed by atoms with Gasteiger partial charge >= 0.3 is 26.2 Å². The molecule has 0 radical (unpaired) electrons. The van der Waals surface area contributed by atoms with E-state index in [2.05, 4.69) is 57.2 Å². The minimum Gasteiger partial charge on any atom is -1.00 e. The second-order valence-electron chi connectivity index (χ2n) is 3.36. The molecule has 0 heterocycles. The summed E-state index contributed by atoms with van der Waals surface area (Å²) in [4.78, 5) is 0. The fraction of sp³-hybridized carbons (Fsp3) is 0.308. The Hall–Kier alpha value is 0.293. The van der Waals surface area contributed by atoms with Crippen LogP contribution in [-0.4, -0.2) is 0 Å². The third-order valence-corrected chi connectivity index (χ3v) is 2.18. The molecule has 1 aromatic rings. The summed E-state index contributed by atoms with van der Waals surface area (Å²) in [6.07, 6.45) is 8.33. The molecule has 1 aromatic carbocycles. The van der Waals surface area contributed by atoms with Crippen molar-refractivity contribution in [3.63, 3.8) is 0 Å². The average molecular weight is 334 g/mol. The SMILES string of the molecule is CC1=[C-]CC=C1.Cc1ccc[c-]1C.[Cl-].[Cl-].[Zr+4]. The van der Waals surface area contributed by atoms with Gasteiger partial charge in [0.15, 0.2) is 0 Å². The van der Waals surface area contributed by atoms with E-state index in [9.17, 15) is 0 Å². The monoisotopic (exact) mass is 332 g/mol. The molecule has 0 spiro atoms. The topological polar surface area (TPSA) is 0 Å². The average Bonchev–Trinajstić information content (AvgIpc) is 2.67. The second kappa shape index (κ2) is 11.8. The Morgan fingerprint density at radius 3 is 2.00 bits per heavy atom. The van der Waals surface area contributed by atoms with Gasteiger partial charge in [-0.25, -0.2) is 23.8 Å². The zero-order valence-corrected chi connectivity index (χ0v) is 13.8. The van der Waals surface area contributed by atoms with Crippen molar-refractivity contribution in [2.75, 3.05) is 0 Å². The molecule has 0 unspecified atom stereocenters. The summed E-state index contributed by atoms with van der Waals surface area (Å²) in [5.74, 6) is 0. The van der Waals surface area contributed by atoms with Gasteiger partial charge in [-0.1, -0.05) is 20.8 Å². The van der Waals surface area contributed by atoms with Gasteiger partial charge in [-0.3, -0.25) is 6.08 Å². The van der Waals surface area contributed by atoms with Gasteiger partial charge in [-0.15, -0.1) is 6.42 Å². The molecular formula is C13H16Cl2Zr. The largest absolute Gasteiger partial charge is 4.00 e. The summed E-state index contributed by atoms with van der Waals surface area (Å²) in [6, 6.07) is 6.31. The maximum atomic E-state index is 3.12. The molecule has 86 valence electrons. The quantitative estimate of drug-likeness (QED) is 0.469. The Morgan fingerprint density at radius 1 is 1.25 bits per heavy atom. The smallest absolute Gasteiger partial charge is 1.00 e. The van der Waals surface area contributed by atoms with Gasteiger partial charge in [0.1, 0.15) is 0 Å². The van der Waals surface area contributed by atoms with Crippen molar-refractivity contribution in [1.29, 1.82) is 0 Å². The first-order chi connectivity index (χ1) is 6.20. The minimum atomic E-state index is 0. The van der Waals surface area contributed by atoms with Crippen molar-refractivity contribution in [2.24, 2.45) is 0 Å². The van der Waals surface area contributed by atoms with E-state index in [0.29, 0.717) is 0 Å². The van der Waals surface area contributed by atoms with Crippen LogP contribution in [0.2, 0.25) is 0 Å². The Kier molecular flexibility index (Phi) is 15.9. The second-order valence-corrected chi connectivity index (χ2v) is 3.36. The third kappa shape index (κ3) is 8.45. The van der Waals surface area contributed by atoms with Crippen molar-refractivity contribution < 1.29 is 51.0 Å². The van der Waals surface area contributed by atoms with Crippen LogP contribution < -0.4 is 24.8 Å². The molecule has 1 aliphatic carbocycles. The van der Waals surface area contributed by atoms with Gasteiger partial charge < -0.3 is 24.8 Å². The van der Waals surface area contributed by atoms with Crippen molar-refractivity contribution in [3.8, 4) is 0 Å². The minimum absolute atomic E-state index is 0. The Balaban J connectivity index is -0.000000179. The Labute approximate surface area is 131 Å². The van der Waals surface area contributed by atoms with Crippen molar-refractivity contribution in [2.45, 2.75) is 27.2 Å². The molecule has 16 heavy (non-hydrogen) atoms. The zero-order valence-electron chi connectivity index (χ0n) is 9.85. The number of allylic oxidation sites excluding steroid dienone is 4. The number of hydrogen-bond acceptors (Lipinski definition) is 0. The molecule has 0 bridgehead atoms. The van der Waals surface area contributed by atoms with Crippen LogP contribution in [0.15, 0.2) is 35.9 Å². The van der Waals surface area contributed by atoms with Crippen LogP contribution in [-0.2, 0) is 26.2 Å². The van der Waals surface area contributed by atoms with Crippen molar-refractivity contribution >= 4 is 0 Å². The van der Waals surface area contributed by atoms with E-state index in [1.165, 1.54) is 16.7 Å². The molecular weight excluding hydrogens is 318 g/mol. The zero-order chi connectivity index (χ0) is 9.68. The van der Waals surface area contributed by atoms with E-state index in [1.807, 2.05) is 0 Å². The van der Waals surface area contributed by atoms with Gasteiger partial charge in [0, 0.05) is 0 Å². The molecule has 0 amide bonds. The van der Waals surface area contributed by atoms with Crippen LogP contribution >= 0.6 is 0 Å². The summed E-state index contributed by atoms with van der Waals surface area (Å²) in [6.45, 7) is 6.30. The summed E-state index contributed by atoms with van der Waals surface area (Å²) in [7, 11) is 0. The maximum absolute atomic E-state index is 3.12. The van der Waals surface area contributed by atoms with E-state index in [4.69, 9.17) is 0 Å². The van der Waals surface area contributed by atoms with Gasteiger partial charge in [0.05, 0.1) is 0 Å². The maximum Gasteiger partial charge on any atom is 4.00 e. The Morgan fingerprint density at radius 2 is 1.88 bits per heavy atom. The van der Waals surface area contributed by atoms with E-state index < -0.39 is 0 Å². The standard InChI is InChI=1S/C7H9.C6H7.2ClH.Zr/c1-6-4-3-5-7(6)2;1-6-4-2-3-5-6;;;/h3-5H,1-2H3;2,4H,3H2,1H3;2*1H;/q2*-1;;;+4/p-2. The molecule has 0 saturated carbocycles. The molecule has 0 saturated heterocycles. The van der Waals surface area contributed by atoms with Crippen LogP contribution in [0, 0.1) is 19.9 Å². The normalized spacial score (nSPS) is 11.1. The van der Waals surface area contributed by atoms with Gasteiger partial charge in [0.25, 0.3) is 0 Å². The van der Waals surface area contributed by atoms with Gasteiger partial charge in [-0.2, -0.15) is 23.3 Å². The molecule has 0 atom stereocenters. The number of hydrogen-bond donors (Lipinski definition) is 0. The van der Waals surface area contributed by atoms with Crippen LogP contribution in [0.5, 0.6) is 0 Å². The van der Waals surface area contributed by atoms with E-state index in [-0.39, 0.29) is 51.0 Å². The first-order valence-corrected chi connectivity index (χ1v) is 4.63. The van der Waals surface area contributed by atoms with Crippen LogP contribution in [0.4, 0.5) is 0 Å². The predicted octanol–water partition coefficient (Wildman–Crippen LogP) is -2.28. The predicted molar refractivity (Wildman–Crippen MR) is 57.7 cm³/mol. The van der Waals surface area contributed by atoms with Crippen LogP contribution in [0.25, 0.3) is 0 Å². The van der Waals surface area contributed by atoms with E-state index in [0.717, 1.165) is 6.42 Å². The molecule has 0 aliphatic heterocycles. The summed E-state index contributed by atoms with van der Waals surface area (Å²) < 4.78 is 0. The number of rotatable bonds is 0. The third-order valence-electron chi connectivity index (χ3n) is 2.18. The molecule has 3 heteroatoms. The Bertz CT molecular complexity index is 305. The molecule has 2 rings (SSSR count). The van der Waals surface area contributed by atoms with E-state index in [1.54, 1.807) is 0 Å². The van der Waals surface area contributed by atoms with Gasteiger partial charge in [0.2, 0.25) is 0 Å². The number of aryl methyl sites for hydroxylation is 2. The van der Waals surface area contributed by atoms with Gasteiger partial charge in [-0.05, 0) is 0 Å². The fourth-order valence-corrected chi connectivity index (χ4v) is 1.11. The molecule has 0 aromatic heterocycles. The summed E-state index contributed by atoms with van der Waals surface area (Å²) >= 11 is 0. The number of halogens is 2. The molecule has 0 N–H and O–H groups in total. The molecule has 0 fully saturated rings. The van der Waals surface area contributed by atoms with Crippen molar-refractivity contribution in [1.82, 2.24) is 0 Å². The first-order valence-electron chi connectivity index (χ1n) is 4.63. The first kappa shape index (κ1) is 21.6. The molecule has 0 nitrogen and oxygen atoms in total. The summed E-state index contributed by atoms with van der Waals surface area (Å²) in [5, 5.41) is 0. The van der Waals surface area contributed by atoms with Crippen LogP contribution in [0.3, 0.4) is 0 Å². The molecule has 1 aliphatic rings. The van der Waals surface area contributed by atoms with Crippen LogP contribution in [0.1, 0.15) is 24.5 Å². The summed E-state index contributed by atoms with van der Waals surface area (Å²) in [5.41, 5.74) is 4.05.